The van der Waals surface area contributed by atoms with Gasteiger partial charge in [0.2, 0.25) is 0 Å². The molecule has 1 fully saturated rings. The fraction of sp³-hybridized carbons (Fsp3) is 1.00. The predicted molar refractivity (Wildman–Crippen MR) is 66.0 cm³/mol. The molecule has 2 unspecified atom stereocenters. The van der Waals surface area contributed by atoms with Crippen LogP contribution in [0.5, 0.6) is 0 Å². The van der Waals surface area contributed by atoms with Gasteiger partial charge in [-0.3, -0.25) is 0 Å². The third kappa shape index (κ3) is 4.49. The molecule has 2 N–H and O–H groups in total. The number of hydrogen-bond acceptors (Lipinski definition) is 3. The average Bonchev–Trinajstić information content (AvgIpc) is 2.63. The molecule has 1 heterocycles. The Balaban J connectivity index is 2.13. The minimum atomic E-state index is 0.411. The van der Waals surface area contributed by atoms with Gasteiger partial charge in [0, 0.05) is 18.6 Å². The quantitative estimate of drug-likeness (QED) is 0.718. The van der Waals surface area contributed by atoms with E-state index in [9.17, 15) is 0 Å². The molecule has 1 rings (SSSR count). The fourth-order valence-electron chi connectivity index (χ4n) is 2.30. The molecule has 0 aromatic rings. The van der Waals surface area contributed by atoms with Crippen molar-refractivity contribution in [1.29, 1.82) is 0 Å². The Morgan fingerprint density at radius 2 is 2.13 bits per heavy atom. The number of nitrogens with zero attached hydrogens (tertiary/aromatic N) is 2. The van der Waals surface area contributed by atoms with Gasteiger partial charge in [-0.05, 0) is 46.4 Å². The first kappa shape index (κ1) is 12.9. The molecule has 3 nitrogen and oxygen atoms in total. The van der Waals surface area contributed by atoms with Crippen molar-refractivity contribution in [2.75, 3.05) is 33.7 Å². The van der Waals surface area contributed by atoms with E-state index < -0.39 is 0 Å². The van der Waals surface area contributed by atoms with Gasteiger partial charge in [0.1, 0.15) is 0 Å². The van der Waals surface area contributed by atoms with Crippen LogP contribution in [0.3, 0.4) is 0 Å². The Kier molecular flexibility index (Phi) is 5.58. The average molecular weight is 213 g/mol. The smallest absolute Gasteiger partial charge is 0.0229 e. The number of nitrogens with two attached hydrogens (primary N) is 1. The highest BCUT2D eigenvalue weighted by molar-refractivity contribution is 4.81. The zero-order valence-corrected chi connectivity index (χ0v) is 10.6. The Morgan fingerprint density at radius 1 is 1.40 bits per heavy atom. The molecule has 1 aliphatic rings. The summed E-state index contributed by atoms with van der Waals surface area (Å²) in [5.74, 6) is 0. The highest BCUT2D eigenvalue weighted by atomic mass is 15.2. The normalized spacial score (nSPS) is 25.0. The maximum atomic E-state index is 6.02. The SMILES string of the molecule is CCCC(N)CCN1CCC(N(C)C)C1. The minimum absolute atomic E-state index is 0.411. The molecule has 0 saturated carbocycles. The summed E-state index contributed by atoms with van der Waals surface area (Å²) in [6.07, 6.45) is 4.86. The Bertz CT molecular complexity index is 170. The van der Waals surface area contributed by atoms with Crippen LogP contribution in [0.25, 0.3) is 0 Å². The van der Waals surface area contributed by atoms with E-state index in [1.54, 1.807) is 0 Å². The first-order valence-corrected chi connectivity index (χ1v) is 6.27. The summed E-state index contributed by atoms with van der Waals surface area (Å²) < 4.78 is 0. The van der Waals surface area contributed by atoms with Crippen LogP contribution in [0.4, 0.5) is 0 Å². The van der Waals surface area contributed by atoms with Gasteiger partial charge in [-0.25, -0.2) is 0 Å². The molecule has 0 spiro atoms. The predicted octanol–water partition coefficient (Wildman–Crippen LogP) is 1.14. The molecule has 90 valence electrons. The van der Waals surface area contributed by atoms with E-state index >= 15 is 0 Å². The summed E-state index contributed by atoms with van der Waals surface area (Å²) in [5.41, 5.74) is 6.02. The minimum Gasteiger partial charge on any atom is -0.328 e. The van der Waals surface area contributed by atoms with Crippen molar-refractivity contribution in [3.05, 3.63) is 0 Å². The maximum Gasteiger partial charge on any atom is 0.0229 e. The van der Waals surface area contributed by atoms with E-state index in [-0.39, 0.29) is 0 Å². The van der Waals surface area contributed by atoms with Gasteiger partial charge in [0.15, 0.2) is 0 Å². The number of likely N-dealkylation sites (N-methyl/N-ethyl adjacent to an activating group) is 1. The molecule has 1 aliphatic heterocycles. The Labute approximate surface area is 94.6 Å². The molecular weight excluding hydrogens is 186 g/mol. The first-order valence-electron chi connectivity index (χ1n) is 6.27. The standard InChI is InChI=1S/C12H27N3/c1-4-5-11(13)6-8-15-9-7-12(10-15)14(2)3/h11-12H,4-10,13H2,1-3H3. The lowest BCUT2D eigenvalue weighted by atomic mass is 10.1. The summed E-state index contributed by atoms with van der Waals surface area (Å²) in [4.78, 5) is 4.89. The van der Waals surface area contributed by atoms with Crippen LogP contribution < -0.4 is 5.73 Å². The summed E-state index contributed by atoms with van der Waals surface area (Å²) >= 11 is 0. The lowest BCUT2D eigenvalue weighted by Crippen LogP contribution is -2.33. The van der Waals surface area contributed by atoms with Crippen LogP contribution in [0.15, 0.2) is 0 Å². The van der Waals surface area contributed by atoms with E-state index in [1.165, 1.54) is 38.9 Å². The molecule has 3 heteroatoms. The molecule has 0 amide bonds. The lowest BCUT2D eigenvalue weighted by molar-refractivity contribution is 0.262. The van der Waals surface area contributed by atoms with Crippen LogP contribution in [-0.4, -0.2) is 55.6 Å². The van der Waals surface area contributed by atoms with Crippen molar-refractivity contribution >= 4 is 0 Å². The monoisotopic (exact) mass is 213 g/mol. The summed E-state index contributed by atoms with van der Waals surface area (Å²) in [6, 6.07) is 1.17. The van der Waals surface area contributed by atoms with Crippen LogP contribution in [0.1, 0.15) is 32.6 Å². The lowest BCUT2D eigenvalue weighted by Gasteiger charge is -2.21. The van der Waals surface area contributed by atoms with Gasteiger partial charge in [-0.2, -0.15) is 0 Å². The van der Waals surface area contributed by atoms with E-state index in [0.717, 1.165) is 12.5 Å². The molecule has 0 bridgehead atoms. The van der Waals surface area contributed by atoms with E-state index in [4.69, 9.17) is 5.73 Å². The van der Waals surface area contributed by atoms with Crippen molar-refractivity contribution in [2.24, 2.45) is 5.73 Å². The summed E-state index contributed by atoms with van der Waals surface area (Å²) in [5, 5.41) is 0. The van der Waals surface area contributed by atoms with Gasteiger partial charge >= 0.3 is 0 Å². The van der Waals surface area contributed by atoms with E-state index in [2.05, 4.69) is 30.8 Å². The van der Waals surface area contributed by atoms with Crippen molar-refractivity contribution < 1.29 is 0 Å². The number of rotatable bonds is 6. The van der Waals surface area contributed by atoms with Gasteiger partial charge in [-0.1, -0.05) is 13.3 Å². The molecule has 0 aromatic carbocycles. The zero-order chi connectivity index (χ0) is 11.3. The number of hydrogen-bond donors (Lipinski definition) is 1. The second kappa shape index (κ2) is 6.46. The van der Waals surface area contributed by atoms with Crippen LogP contribution in [0, 0.1) is 0 Å². The van der Waals surface area contributed by atoms with Gasteiger partial charge in [-0.15, -0.1) is 0 Å². The Hall–Kier alpha value is -0.120. The zero-order valence-electron chi connectivity index (χ0n) is 10.6. The molecule has 2 atom stereocenters. The second-order valence-corrected chi connectivity index (χ2v) is 5.04. The van der Waals surface area contributed by atoms with E-state index in [1.807, 2.05) is 0 Å². The Morgan fingerprint density at radius 3 is 2.67 bits per heavy atom. The van der Waals surface area contributed by atoms with Crippen LogP contribution >= 0.6 is 0 Å². The highest BCUT2D eigenvalue weighted by Gasteiger charge is 2.23. The van der Waals surface area contributed by atoms with Gasteiger partial charge in [0.25, 0.3) is 0 Å². The van der Waals surface area contributed by atoms with Crippen molar-refractivity contribution in [3.8, 4) is 0 Å². The molecule has 0 aromatic heterocycles. The van der Waals surface area contributed by atoms with Gasteiger partial charge in [0.05, 0.1) is 0 Å². The van der Waals surface area contributed by atoms with E-state index in [0.29, 0.717) is 6.04 Å². The molecule has 0 radical (unpaired) electrons. The van der Waals surface area contributed by atoms with Crippen molar-refractivity contribution in [2.45, 2.75) is 44.7 Å². The van der Waals surface area contributed by atoms with Gasteiger partial charge < -0.3 is 15.5 Å². The molecular formula is C12H27N3. The van der Waals surface area contributed by atoms with Crippen LogP contribution in [-0.2, 0) is 0 Å². The first-order chi connectivity index (χ1) is 7.13. The highest BCUT2D eigenvalue weighted by Crippen LogP contribution is 2.13. The maximum absolute atomic E-state index is 6.02. The summed E-state index contributed by atoms with van der Waals surface area (Å²) in [6.45, 7) is 5.87. The second-order valence-electron chi connectivity index (χ2n) is 5.04. The topological polar surface area (TPSA) is 32.5 Å². The van der Waals surface area contributed by atoms with Crippen LogP contribution in [0.2, 0.25) is 0 Å². The van der Waals surface area contributed by atoms with Crippen molar-refractivity contribution in [3.63, 3.8) is 0 Å². The fourth-order valence-corrected chi connectivity index (χ4v) is 2.30. The summed E-state index contributed by atoms with van der Waals surface area (Å²) in [7, 11) is 4.36. The molecule has 15 heavy (non-hydrogen) atoms. The van der Waals surface area contributed by atoms with Crippen molar-refractivity contribution in [1.82, 2.24) is 9.80 Å². The molecule has 1 saturated heterocycles. The number of likely N-dealkylation sites (tertiary alicyclic amines) is 1. The third-order valence-electron chi connectivity index (χ3n) is 3.45. The largest absolute Gasteiger partial charge is 0.328 e. The third-order valence-corrected chi connectivity index (χ3v) is 3.45. The molecule has 0 aliphatic carbocycles.